The number of hydrogen-bond donors (Lipinski definition) is 1. The van der Waals surface area contributed by atoms with Crippen LogP contribution in [0.15, 0.2) is 0 Å². The van der Waals surface area contributed by atoms with Crippen LogP contribution in [0, 0.1) is 0 Å². The first-order chi connectivity index (χ1) is 5.48. The molecule has 0 aromatic carbocycles. The van der Waals surface area contributed by atoms with Gasteiger partial charge in [-0.15, -0.1) is 0 Å². The van der Waals surface area contributed by atoms with Crippen LogP contribution in [-0.2, 0) is 4.79 Å². The predicted molar refractivity (Wildman–Crippen MR) is 52.0 cm³/mol. The number of Topliss-reactive ketones (excluding diaryl/α,β-unsaturated/α-hetero) is 1. The van der Waals surface area contributed by atoms with Crippen LogP contribution in [0.25, 0.3) is 0 Å². The minimum absolute atomic E-state index is 0.179. The Kier molecular flexibility index (Phi) is 5.14. The van der Waals surface area contributed by atoms with Gasteiger partial charge in [0.15, 0.2) is 5.78 Å². The number of ketones is 1. The van der Waals surface area contributed by atoms with E-state index in [0.717, 1.165) is 12.8 Å². The third-order valence-corrected chi connectivity index (χ3v) is 1.98. The van der Waals surface area contributed by atoms with Gasteiger partial charge in [-0.25, -0.2) is 0 Å². The molecule has 0 amide bonds. The number of unbranched alkanes of at least 4 members (excludes halogenated alkanes) is 3. The fourth-order valence-corrected chi connectivity index (χ4v) is 1.03. The fraction of sp³-hybridized carbons (Fsp3) is 0.900. The molecule has 0 fully saturated rings. The van der Waals surface area contributed by atoms with Crippen molar-refractivity contribution in [2.75, 3.05) is 0 Å². The first-order valence-corrected chi connectivity index (χ1v) is 4.80. The summed E-state index contributed by atoms with van der Waals surface area (Å²) >= 11 is 0. The molecule has 0 rings (SSSR count). The van der Waals surface area contributed by atoms with Gasteiger partial charge < -0.3 is 5.73 Å². The van der Waals surface area contributed by atoms with E-state index in [0.29, 0.717) is 6.42 Å². The van der Waals surface area contributed by atoms with Gasteiger partial charge in [-0.05, 0) is 20.3 Å². The van der Waals surface area contributed by atoms with Crippen LogP contribution in [-0.4, -0.2) is 11.3 Å². The minimum atomic E-state index is -0.633. The van der Waals surface area contributed by atoms with E-state index in [9.17, 15) is 4.79 Å². The van der Waals surface area contributed by atoms with Gasteiger partial charge in [-0.1, -0.05) is 26.2 Å². The highest BCUT2D eigenvalue weighted by molar-refractivity contribution is 5.87. The van der Waals surface area contributed by atoms with Crippen LogP contribution in [0.3, 0.4) is 0 Å². The number of rotatable bonds is 6. The molecule has 12 heavy (non-hydrogen) atoms. The van der Waals surface area contributed by atoms with Gasteiger partial charge in [-0.2, -0.15) is 0 Å². The van der Waals surface area contributed by atoms with Crippen LogP contribution in [0.2, 0.25) is 0 Å². The molecule has 0 bridgehead atoms. The first kappa shape index (κ1) is 11.6. The van der Waals surface area contributed by atoms with Crippen molar-refractivity contribution >= 4 is 5.78 Å². The highest BCUT2D eigenvalue weighted by Crippen LogP contribution is 2.08. The largest absolute Gasteiger partial charge is 0.319 e. The number of carbonyl (C=O) groups is 1. The van der Waals surface area contributed by atoms with Crippen molar-refractivity contribution in [2.24, 2.45) is 5.73 Å². The van der Waals surface area contributed by atoms with Crippen molar-refractivity contribution in [3.05, 3.63) is 0 Å². The van der Waals surface area contributed by atoms with Gasteiger partial charge in [0, 0.05) is 6.42 Å². The topological polar surface area (TPSA) is 43.1 Å². The first-order valence-electron chi connectivity index (χ1n) is 4.80. The zero-order valence-electron chi connectivity index (χ0n) is 8.52. The molecule has 0 aliphatic rings. The lowest BCUT2D eigenvalue weighted by Crippen LogP contribution is -2.41. The monoisotopic (exact) mass is 171 g/mol. The maximum Gasteiger partial charge on any atom is 0.152 e. The summed E-state index contributed by atoms with van der Waals surface area (Å²) in [5.41, 5.74) is 5.01. The molecule has 2 N–H and O–H groups in total. The lowest BCUT2D eigenvalue weighted by Gasteiger charge is -2.16. The molecule has 0 unspecified atom stereocenters. The lowest BCUT2D eigenvalue weighted by atomic mass is 9.96. The number of nitrogens with two attached hydrogens (primary N) is 1. The van der Waals surface area contributed by atoms with Crippen LogP contribution >= 0.6 is 0 Å². The highest BCUT2D eigenvalue weighted by atomic mass is 16.1. The molecule has 2 heteroatoms. The smallest absolute Gasteiger partial charge is 0.152 e. The van der Waals surface area contributed by atoms with E-state index >= 15 is 0 Å². The Morgan fingerprint density at radius 1 is 1.25 bits per heavy atom. The van der Waals surface area contributed by atoms with E-state index in [1.165, 1.54) is 12.8 Å². The molecule has 0 radical (unpaired) electrons. The van der Waals surface area contributed by atoms with E-state index in [-0.39, 0.29) is 5.78 Å². The van der Waals surface area contributed by atoms with Gasteiger partial charge >= 0.3 is 0 Å². The highest BCUT2D eigenvalue weighted by Gasteiger charge is 2.20. The van der Waals surface area contributed by atoms with Crippen molar-refractivity contribution in [2.45, 2.75) is 58.4 Å². The van der Waals surface area contributed by atoms with E-state index in [4.69, 9.17) is 5.73 Å². The Morgan fingerprint density at radius 3 is 2.25 bits per heavy atom. The molecule has 0 saturated carbocycles. The van der Waals surface area contributed by atoms with Gasteiger partial charge in [0.1, 0.15) is 0 Å². The molecule has 0 aromatic heterocycles. The van der Waals surface area contributed by atoms with Gasteiger partial charge in [0.05, 0.1) is 5.54 Å². The van der Waals surface area contributed by atoms with Crippen molar-refractivity contribution in [3.63, 3.8) is 0 Å². The maximum absolute atomic E-state index is 11.3. The van der Waals surface area contributed by atoms with Crippen LogP contribution in [0.4, 0.5) is 0 Å². The van der Waals surface area contributed by atoms with Crippen molar-refractivity contribution in [3.8, 4) is 0 Å². The Morgan fingerprint density at radius 2 is 1.83 bits per heavy atom. The average Bonchev–Trinajstić information content (AvgIpc) is 1.96. The summed E-state index contributed by atoms with van der Waals surface area (Å²) in [5.74, 6) is 0.179. The molecule has 2 nitrogen and oxygen atoms in total. The number of hydrogen-bond acceptors (Lipinski definition) is 2. The summed E-state index contributed by atoms with van der Waals surface area (Å²) in [4.78, 5) is 11.3. The second-order valence-electron chi connectivity index (χ2n) is 3.96. The normalized spacial score (nSPS) is 11.7. The predicted octanol–water partition coefficient (Wildman–Crippen LogP) is 2.26. The molecular formula is C10H21NO. The van der Waals surface area contributed by atoms with Crippen molar-refractivity contribution in [1.29, 1.82) is 0 Å². The quantitative estimate of drug-likeness (QED) is 0.623. The second kappa shape index (κ2) is 5.31. The molecule has 0 aliphatic heterocycles. The lowest BCUT2D eigenvalue weighted by molar-refractivity contribution is -0.123. The molecular weight excluding hydrogens is 150 g/mol. The Balaban J connectivity index is 3.45. The Labute approximate surface area is 75.5 Å². The van der Waals surface area contributed by atoms with E-state index in [1.807, 2.05) is 0 Å². The molecule has 72 valence electrons. The fourth-order valence-electron chi connectivity index (χ4n) is 1.03. The van der Waals surface area contributed by atoms with Crippen molar-refractivity contribution < 1.29 is 4.79 Å². The molecule has 0 heterocycles. The van der Waals surface area contributed by atoms with E-state index in [2.05, 4.69) is 6.92 Å². The van der Waals surface area contributed by atoms with Crippen LogP contribution < -0.4 is 5.73 Å². The SMILES string of the molecule is CCCCCCC(=O)C(C)(C)N. The summed E-state index contributed by atoms with van der Waals surface area (Å²) in [6.45, 7) is 5.71. The zero-order chi connectivity index (χ0) is 9.61. The summed E-state index contributed by atoms with van der Waals surface area (Å²) < 4.78 is 0. The molecule has 0 spiro atoms. The van der Waals surface area contributed by atoms with Gasteiger partial charge in [-0.3, -0.25) is 4.79 Å². The van der Waals surface area contributed by atoms with E-state index in [1.54, 1.807) is 13.8 Å². The average molecular weight is 171 g/mol. The van der Waals surface area contributed by atoms with Crippen molar-refractivity contribution in [1.82, 2.24) is 0 Å². The molecule has 0 aliphatic carbocycles. The Hall–Kier alpha value is -0.370. The second-order valence-corrected chi connectivity index (χ2v) is 3.96. The Bertz CT molecular complexity index is 135. The standard InChI is InChI=1S/C10H21NO/c1-4-5-6-7-8-9(12)10(2,3)11/h4-8,11H2,1-3H3. The molecule has 0 aromatic rings. The minimum Gasteiger partial charge on any atom is -0.319 e. The number of carbonyl (C=O) groups excluding carboxylic acids is 1. The van der Waals surface area contributed by atoms with Gasteiger partial charge in [0.2, 0.25) is 0 Å². The summed E-state index contributed by atoms with van der Waals surface area (Å²) in [6, 6.07) is 0. The summed E-state index contributed by atoms with van der Waals surface area (Å²) in [7, 11) is 0. The third kappa shape index (κ3) is 5.30. The third-order valence-electron chi connectivity index (χ3n) is 1.98. The maximum atomic E-state index is 11.3. The van der Waals surface area contributed by atoms with Crippen LogP contribution in [0.5, 0.6) is 0 Å². The summed E-state index contributed by atoms with van der Waals surface area (Å²) in [5, 5.41) is 0. The van der Waals surface area contributed by atoms with Crippen LogP contribution in [0.1, 0.15) is 52.9 Å². The summed E-state index contributed by atoms with van der Waals surface area (Å²) in [6.07, 6.45) is 5.22. The molecule has 0 atom stereocenters. The zero-order valence-corrected chi connectivity index (χ0v) is 8.52. The van der Waals surface area contributed by atoms with Gasteiger partial charge in [0.25, 0.3) is 0 Å². The molecule has 0 saturated heterocycles. The van der Waals surface area contributed by atoms with E-state index < -0.39 is 5.54 Å².